The Balaban J connectivity index is 2.11. The second kappa shape index (κ2) is 4.13. The summed E-state index contributed by atoms with van der Waals surface area (Å²) < 4.78 is 1.56. The fourth-order valence-corrected chi connectivity index (χ4v) is 2.00. The highest BCUT2D eigenvalue weighted by Gasteiger charge is 2.25. The number of aromatic nitrogens is 3. The van der Waals surface area contributed by atoms with Crippen LogP contribution >= 0.6 is 0 Å². The monoisotopic (exact) mass is 258 g/mol. The number of nitrogens with one attached hydrogen (secondary N) is 1. The number of benzene rings is 1. The summed E-state index contributed by atoms with van der Waals surface area (Å²) in [6, 6.07) is 6.18. The molecule has 1 atom stereocenters. The number of phenols is 1. The SMILES string of the molecule is O=C(O)C1=CC(c2cccc(O)c2)n2ncnc2N1. The zero-order chi connectivity index (χ0) is 13.4. The number of carboxylic acids is 1. The molecule has 0 bridgehead atoms. The van der Waals surface area contributed by atoms with Gasteiger partial charge in [-0.3, -0.25) is 0 Å². The van der Waals surface area contributed by atoms with E-state index in [0.29, 0.717) is 5.95 Å². The molecule has 1 aliphatic rings. The predicted molar refractivity (Wildman–Crippen MR) is 65.6 cm³/mol. The number of rotatable bonds is 2. The van der Waals surface area contributed by atoms with Crippen LogP contribution in [-0.2, 0) is 4.79 Å². The molecule has 7 heteroatoms. The van der Waals surface area contributed by atoms with Gasteiger partial charge in [0.05, 0.1) is 0 Å². The van der Waals surface area contributed by atoms with Gasteiger partial charge in [0.15, 0.2) is 0 Å². The van der Waals surface area contributed by atoms with Crippen molar-refractivity contribution in [1.29, 1.82) is 0 Å². The molecule has 1 aromatic carbocycles. The van der Waals surface area contributed by atoms with Gasteiger partial charge >= 0.3 is 5.97 Å². The second-order valence-corrected chi connectivity index (χ2v) is 4.08. The predicted octanol–water partition coefficient (Wildman–Crippen LogP) is 0.967. The molecule has 96 valence electrons. The number of aliphatic carboxylic acids is 1. The normalized spacial score (nSPS) is 17.3. The van der Waals surface area contributed by atoms with Crippen molar-refractivity contribution in [1.82, 2.24) is 14.8 Å². The molecule has 2 aromatic rings. The Kier molecular flexibility index (Phi) is 2.45. The molecule has 1 aliphatic heterocycles. The van der Waals surface area contributed by atoms with Crippen molar-refractivity contribution in [3.8, 4) is 5.75 Å². The Morgan fingerprint density at radius 3 is 3.00 bits per heavy atom. The van der Waals surface area contributed by atoms with Crippen LogP contribution in [-0.4, -0.2) is 30.9 Å². The average molecular weight is 258 g/mol. The van der Waals surface area contributed by atoms with Crippen LogP contribution in [0.4, 0.5) is 5.95 Å². The van der Waals surface area contributed by atoms with Crippen molar-refractivity contribution in [2.45, 2.75) is 6.04 Å². The van der Waals surface area contributed by atoms with Gasteiger partial charge < -0.3 is 15.5 Å². The summed E-state index contributed by atoms with van der Waals surface area (Å²) in [7, 11) is 0. The van der Waals surface area contributed by atoms with Gasteiger partial charge in [-0.15, -0.1) is 0 Å². The average Bonchev–Trinajstić information content (AvgIpc) is 2.85. The van der Waals surface area contributed by atoms with Crippen LogP contribution in [0.25, 0.3) is 0 Å². The van der Waals surface area contributed by atoms with Crippen LogP contribution in [0.3, 0.4) is 0 Å². The smallest absolute Gasteiger partial charge is 0.352 e. The molecule has 3 N–H and O–H groups in total. The van der Waals surface area contributed by atoms with Gasteiger partial charge in [0.2, 0.25) is 5.95 Å². The van der Waals surface area contributed by atoms with E-state index < -0.39 is 12.0 Å². The lowest BCUT2D eigenvalue weighted by Crippen LogP contribution is -2.24. The number of allylic oxidation sites excluding steroid dienone is 1. The van der Waals surface area contributed by atoms with Gasteiger partial charge in [-0.2, -0.15) is 10.1 Å². The minimum atomic E-state index is -1.07. The Labute approximate surface area is 107 Å². The number of aromatic hydroxyl groups is 1. The number of nitrogens with zero attached hydrogens (tertiary/aromatic N) is 3. The van der Waals surface area contributed by atoms with E-state index in [1.54, 1.807) is 28.9 Å². The number of carboxylic acid groups (broad SMARTS) is 1. The molecule has 0 fully saturated rings. The van der Waals surface area contributed by atoms with E-state index in [9.17, 15) is 9.90 Å². The van der Waals surface area contributed by atoms with Crippen LogP contribution in [0.2, 0.25) is 0 Å². The Bertz CT molecular complexity index is 677. The molecule has 0 saturated heterocycles. The molecular formula is C12H10N4O3. The number of hydrogen-bond donors (Lipinski definition) is 3. The van der Waals surface area contributed by atoms with Crippen molar-refractivity contribution in [2.75, 3.05) is 5.32 Å². The fraction of sp³-hybridized carbons (Fsp3) is 0.0833. The maximum Gasteiger partial charge on any atom is 0.352 e. The van der Waals surface area contributed by atoms with E-state index in [1.165, 1.54) is 12.4 Å². The summed E-state index contributed by atoms with van der Waals surface area (Å²) in [5.41, 5.74) is 0.765. The Morgan fingerprint density at radius 2 is 2.26 bits per heavy atom. The molecule has 0 aliphatic carbocycles. The number of phenolic OH excluding ortho intramolecular Hbond substituents is 1. The molecular weight excluding hydrogens is 248 g/mol. The molecule has 0 saturated carbocycles. The maximum atomic E-state index is 11.1. The lowest BCUT2D eigenvalue weighted by atomic mass is 10.0. The van der Waals surface area contributed by atoms with Gasteiger partial charge in [-0.25, -0.2) is 9.48 Å². The number of hydrogen-bond acceptors (Lipinski definition) is 5. The summed E-state index contributed by atoms with van der Waals surface area (Å²) in [5.74, 6) is -0.601. The van der Waals surface area contributed by atoms with Gasteiger partial charge in [-0.05, 0) is 23.8 Å². The first-order chi connectivity index (χ1) is 9.15. The van der Waals surface area contributed by atoms with E-state index in [-0.39, 0.29) is 11.4 Å². The maximum absolute atomic E-state index is 11.1. The summed E-state index contributed by atoms with van der Waals surface area (Å²) in [6.07, 6.45) is 2.87. The summed E-state index contributed by atoms with van der Waals surface area (Å²) in [4.78, 5) is 15.1. The van der Waals surface area contributed by atoms with Crippen molar-refractivity contribution >= 4 is 11.9 Å². The van der Waals surface area contributed by atoms with Crippen LogP contribution < -0.4 is 5.32 Å². The third-order valence-corrected chi connectivity index (χ3v) is 2.85. The van der Waals surface area contributed by atoms with Crippen molar-refractivity contribution in [3.63, 3.8) is 0 Å². The van der Waals surface area contributed by atoms with Crippen LogP contribution in [0, 0.1) is 0 Å². The molecule has 7 nitrogen and oxygen atoms in total. The fourth-order valence-electron chi connectivity index (χ4n) is 2.00. The molecule has 0 radical (unpaired) electrons. The third kappa shape index (κ3) is 1.90. The summed E-state index contributed by atoms with van der Waals surface area (Å²) in [5, 5.41) is 25.3. The second-order valence-electron chi connectivity index (χ2n) is 4.08. The molecule has 19 heavy (non-hydrogen) atoms. The summed E-state index contributed by atoms with van der Waals surface area (Å²) >= 11 is 0. The molecule has 1 unspecified atom stereocenters. The zero-order valence-corrected chi connectivity index (χ0v) is 9.69. The lowest BCUT2D eigenvalue weighted by Gasteiger charge is -2.22. The molecule has 0 amide bonds. The topological polar surface area (TPSA) is 100 Å². The first-order valence-corrected chi connectivity index (χ1v) is 5.56. The summed E-state index contributed by atoms with van der Waals surface area (Å²) in [6.45, 7) is 0. The third-order valence-electron chi connectivity index (χ3n) is 2.85. The van der Waals surface area contributed by atoms with E-state index in [1.807, 2.05) is 0 Å². The van der Waals surface area contributed by atoms with Gasteiger partial charge in [0.25, 0.3) is 0 Å². The highest BCUT2D eigenvalue weighted by atomic mass is 16.4. The largest absolute Gasteiger partial charge is 0.508 e. The van der Waals surface area contributed by atoms with Gasteiger partial charge in [0.1, 0.15) is 23.8 Å². The molecule has 2 heterocycles. The minimum absolute atomic E-state index is 0.0360. The first-order valence-electron chi connectivity index (χ1n) is 5.56. The number of fused-ring (bicyclic) bond motifs is 1. The number of carbonyl (C=O) groups is 1. The van der Waals surface area contributed by atoms with E-state index in [2.05, 4.69) is 15.4 Å². The standard InChI is InChI=1S/C12H10N4O3/c17-8-3-1-2-7(4-8)10-5-9(11(18)19)15-12-13-6-14-16(10)12/h1-6,10,17H,(H,18,19)(H,13,14,15). The quantitative estimate of drug-likeness (QED) is 0.742. The van der Waals surface area contributed by atoms with Crippen LogP contribution in [0.15, 0.2) is 42.4 Å². The Hall–Kier alpha value is -2.83. The van der Waals surface area contributed by atoms with Crippen molar-refractivity contribution in [2.24, 2.45) is 0 Å². The first kappa shape index (κ1) is 11.3. The lowest BCUT2D eigenvalue weighted by molar-refractivity contribution is -0.132. The van der Waals surface area contributed by atoms with Gasteiger partial charge in [-0.1, -0.05) is 12.1 Å². The highest BCUT2D eigenvalue weighted by Crippen LogP contribution is 2.29. The van der Waals surface area contributed by atoms with E-state index >= 15 is 0 Å². The molecule has 1 aromatic heterocycles. The van der Waals surface area contributed by atoms with Crippen molar-refractivity contribution in [3.05, 3.63) is 47.9 Å². The van der Waals surface area contributed by atoms with Crippen molar-refractivity contribution < 1.29 is 15.0 Å². The molecule has 0 spiro atoms. The highest BCUT2D eigenvalue weighted by molar-refractivity contribution is 5.90. The van der Waals surface area contributed by atoms with Crippen LogP contribution in [0.1, 0.15) is 11.6 Å². The minimum Gasteiger partial charge on any atom is -0.508 e. The molecule has 3 rings (SSSR count). The Morgan fingerprint density at radius 1 is 1.42 bits per heavy atom. The number of anilines is 1. The zero-order valence-electron chi connectivity index (χ0n) is 9.69. The van der Waals surface area contributed by atoms with E-state index in [0.717, 1.165) is 5.56 Å². The van der Waals surface area contributed by atoms with Gasteiger partial charge in [0, 0.05) is 0 Å². The van der Waals surface area contributed by atoms with E-state index in [4.69, 9.17) is 5.11 Å². The van der Waals surface area contributed by atoms with Crippen LogP contribution in [0.5, 0.6) is 5.75 Å².